The van der Waals surface area contributed by atoms with Crippen LogP contribution in [0.15, 0.2) is 51.4 Å². The van der Waals surface area contributed by atoms with Crippen molar-refractivity contribution in [1.82, 2.24) is 4.57 Å². The van der Waals surface area contributed by atoms with Gasteiger partial charge in [0.05, 0.1) is 54.3 Å². The summed E-state index contributed by atoms with van der Waals surface area (Å²) in [6, 6.07) is 9.11. The Morgan fingerprint density at radius 2 is 1.87 bits per heavy atom. The molecule has 1 aliphatic rings. The molecule has 14 heteroatoms. The molecule has 1 aromatic heterocycles. The van der Waals surface area contributed by atoms with Crippen LogP contribution in [0.3, 0.4) is 0 Å². The number of methoxy groups -OCH3 is 2. The molecule has 0 aliphatic carbocycles. The van der Waals surface area contributed by atoms with Gasteiger partial charge in [0.1, 0.15) is 6.07 Å². The second kappa shape index (κ2) is 14.8. The number of fused-ring (bicyclic) bond motifs is 1. The van der Waals surface area contributed by atoms with Crippen molar-refractivity contribution in [2.45, 2.75) is 26.8 Å². The maximum absolute atomic E-state index is 14.0. The molecule has 0 fully saturated rings. The predicted octanol–water partition coefficient (Wildman–Crippen LogP) is 3.31. The number of ether oxygens (including phenoxy) is 6. The fourth-order valence-corrected chi connectivity index (χ4v) is 5.92. The highest BCUT2D eigenvalue weighted by atomic mass is 35.5. The van der Waals surface area contributed by atoms with Crippen molar-refractivity contribution >= 4 is 41.0 Å². The normalized spacial score (nSPS) is 14.2. The van der Waals surface area contributed by atoms with E-state index in [1.165, 1.54) is 18.8 Å². The van der Waals surface area contributed by atoms with E-state index in [0.717, 1.165) is 11.3 Å². The zero-order valence-electron chi connectivity index (χ0n) is 25.2. The SMILES string of the molecule is CCOC(=O)C1=C(C)N=c2s/c(=C\c3cc(Cl)c(OCC#N)c(OC)c3)c(=O)n2[C@H]1c1ccc(OCC(=O)OC)c(OCC)c1. The lowest BCUT2D eigenvalue weighted by molar-refractivity contribution is -0.143. The first-order valence-electron chi connectivity index (χ1n) is 13.7. The summed E-state index contributed by atoms with van der Waals surface area (Å²) in [5, 5.41) is 9.08. The Labute approximate surface area is 267 Å². The number of nitriles is 1. The van der Waals surface area contributed by atoms with Crippen LogP contribution in [0.5, 0.6) is 23.0 Å². The summed E-state index contributed by atoms with van der Waals surface area (Å²) in [7, 11) is 2.69. The molecule has 236 valence electrons. The first-order chi connectivity index (χ1) is 21.7. The Morgan fingerprint density at radius 3 is 2.53 bits per heavy atom. The molecule has 2 heterocycles. The van der Waals surface area contributed by atoms with Crippen molar-refractivity contribution in [2.75, 3.05) is 40.6 Å². The number of carbonyl (C=O) groups excluding carboxylic acids is 2. The van der Waals surface area contributed by atoms with E-state index in [1.807, 2.05) is 6.07 Å². The number of hydrogen-bond donors (Lipinski definition) is 0. The maximum Gasteiger partial charge on any atom is 0.343 e. The summed E-state index contributed by atoms with van der Waals surface area (Å²) >= 11 is 7.56. The molecule has 0 spiro atoms. The fraction of sp³-hybridized carbons (Fsp3) is 0.323. The molecular formula is C31H30ClN3O9S. The van der Waals surface area contributed by atoms with E-state index in [9.17, 15) is 14.4 Å². The van der Waals surface area contributed by atoms with Crippen LogP contribution in [0.4, 0.5) is 0 Å². The molecule has 1 atom stereocenters. The molecule has 0 N–H and O–H groups in total. The third kappa shape index (κ3) is 7.13. The summed E-state index contributed by atoms with van der Waals surface area (Å²) in [6.07, 6.45) is 1.63. The first kappa shape index (κ1) is 33.1. The molecule has 0 saturated heterocycles. The summed E-state index contributed by atoms with van der Waals surface area (Å²) < 4.78 is 34.0. The number of nitrogens with zero attached hydrogens (tertiary/aromatic N) is 3. The molecule has 0 amide bonds. The van der Waals surface area contributed by atoms with Crippen LogP contribution in [0.25, 0.3) is 6.08 Å². The Kier molecular flexibility index (Phi) is 10.9. The third-order valence-corrected chi connectivity index (χ3v) is 7.77. The van der Waals surface area contributed by atoms with Gasteiger partial charge in [0.2, 0.25) is 0 Å². The van der Waals surface area contributed by atoms with Gasteiger partial charge in [-0.2, -0.15) is 5.26 Å². The third-order valence-electron chi connectivity index (χ3n) is 6.50. The molecule has 45 heavy (non-hydrogen) atoms. The maximum atomic E-state index is 14.0. The molecule has 0 bridgehead atoms. The molecule has 0 unspecified atom stereocenters. The lowest BCUT2D eigenvalue weighted by Crippen LogP contribution is -2.40. The van der Waals surface area contributed by atoms with Crippen LogP contribution in [-0.2, 0) is 19.1 Å². The Balaban J connectivity index is 1.89. The summed E-state index contributed by atoms with van der Waals surface area (Å²) in [6.45, 7) is 5.00. The van der Waals surface area contributed by atoms with Crippen LogP contribution in [-0.4, -0.2) is 57.2 Å². The van der Waals surface area contributed by atoms with Crippen LogP contribution in [0, 0.1) is 11.3 Å². The second-order valence-electron chi connectivity index (χ2n) is 9.29. The molecule has 12 nitrogen and oxygen atoms in total. The van der Waals surface area contributed by atoms with E-state index in [4.69, 9.17) is 40.5 Å². The minimum atomic E-state index is -0.920. The van der Waals surface area contributed by atoms with E-state index in [1.54, 1.807) is 57.2 Å². The van der Waals surface area contributed by atoms with Gasteiger partial charge in [0.25, 0.3) is 5.56 Å². The van der Waals surface area contributed by atoms with Gasteiger partial charge in [0.15, 0.2) is 41.0 Å². The zero-order chi connectivity index (χ0) is 32.7. The quantitative estimate of drug-likeness (QED) is 0.266. The van der Waals surface area contributed by atoms with E-state index < -0.39 is 23.5 Å². The van der Waals surface area contributed by atoms with Gasteiger partial charge in [0, 0.05) is 0 Å². The molecular weight excluding hydrogens is 626 g/mol. The molecule has 1 aliphatic heterocycles. The highest BCUT2D eigenvalue weighted by molar-refractivity contribution is 7.07. The van der Waals surface area contributed by atoms with Crippen molar-refractivity contribution in [3.8, 4) is 29.1 Å². The number of benzene rings is 2. The first-order valence-corrected chi connectivity index (χ1v) is 14.9. The van der Waals surface area contributed by atoms with E-state index >= 15 is 0 Å². The number of esters is 2. The highest BCUT2D eigenvalue weighted by Crippen LogP contribution is 2.38. The van der Waals surface area contributed by atoms with Crippen LogP contribution in [0.2, 0.25) is 5.02 Å². The lowest BCUT2D eigenvalue weighted by Gasteiger charge is -2.25. The Morgan fingerprint density at radius 1 is 1.09 bits per heavy atom. The van der Waals surface area contributed by atoms with Crippen molar-refractivity contribution in [2.24, 2.45) is 4.99 Å². The van der Waals surface area contributed by atoms with Gasteiger partial charge in [-0.05, 0) is 62.2 Å². The molecule has 3 aromatic rings. The van der Waals surface area contributed by atoms with Gasteiger partial charge in [-0.15, -0.1) is 0 Å². The average Bonchev–Trinajstić information content (AvgIpc) is 3.32. The van der Waals surface area contributed by atoms with Gasteiger partial charge >= 0.3 is 11.9 Å². The summed E-state index contributed by atoms with van der Waals surface area (Å²) in [5.74, 6) is -0.109. The second-order valence-corrected chi connectivity index (χ2v) is 10.7. The number of thiazole rings is 1. The van der Waals surface area contributed by atoms with Gasteiger partial charge in [-0.1, -0.05) is 29.0 Å². The van der Waals surface area contributed by atoms with Crippen LogP contribution >= 0.6 is 22.9 Å². The summed E-state index contributed by atoms with van der Waals surface area (Å²) in [5.41, 5.74) is 1.22. The standard InChI is InChI=1S/C31H30ClN3O9S/c1-6-41-22-15-19(8-9-21(22)44-16-25(36)40-5)27-26(30(38)42-7-2)17(3)34-31-35(27)29(37)24(45-31)14-18-12-20(32)28(43-11-10-33)23(13-18)39-4/h8-9,12-15,27H,6-7,11,16H2,1-5H3/b24-14-/t27-/m0/s1. The van der Waals surface area contributed by atoms with Gasteiger partial charge in [-0.3, -0.25) is 9.36 Å². The largest absolute Gasteiger partial charge is 0.493 e. The zero-order valence-corrected chi connectivity index (χ0v) is 26.7. The van der Waals surface area contributed by atoms with Crippen molar-refractivity contribution < 1.29 is 38.0 Å². The number of allylic oxidation sites excluding steroid dienone is 1. The van der Waals surface area contributed by atoms with Crippen LogP contribution in [0.1, 0.15) is 37.9 Å². The van der Waals surface area contributed by atoms with E-state index in [0.29, 0.717) is 31.9 Å². The van der Waals surface area contributed by atoms with E-state index in [2.05, 4.69) is 9.73 Å². The molecule has 0 saturated carbocycles. The highest BCUT2D eigenvalue weighted by Gasteiger charge is 2.34. The van der Waals surface area contributed by atoms with Gasteiger partial charge in [-0.25, -0.2) is 14.6 Å². The minimum Gasteiger partial charge on any atom is -0.493 e. The van der Waals surface area contributed by atoms with Crippen molar-refractivity contribution in [3.63, 3.8) is 0 Å². The predicted molar refractivity (Wildman–Crippen MR) is 165 cm³/mol. The van der Waals surface area contributed by atoms with Crippen molar-refractivity contribution in [3.05, 3.63) is 77.4 Å². The van der Waals surface area contributed by atoms with Gasteiger partial charge < -0.3 is 28.4 Å². The smallest absolute Gasteiger partial charge is 0.343 e. The minimum absolute atomic E-state index is 0.119. The monoisotopic (exact) mass is 655 g/mol. The Hall–Kier alpha value is -4.80. The number of hydrogen-bond acceptors (Lipinski definition) is 12. The number of carbonyl (C=O) groups is 2. The fourth-order valence-electron chi connectivity index (χ4n) is 4.60. The number of halogens is 1. The molecule has 2 aromatic carbocycles. The lowest BCUT2D eigenvalue weighted by atomic mass is 9.95. The molecule has 0 radical (unpaired) electrons. The van der Waals surface area contributed by atoms with Crippen molar-refractivity contribution in [1.29, 1.82) is 5.26 Å². The number of aromatic nitrogens is 1. The summed E-state index contributed by atoms with van der Waals surface area (Å²) in [4.78, 5) is 44.0. The average molecular weight is 656 g/mol. The molecule has 4 rings (SSSR count). The Bertz CT molecular complexity index is 1870. The van der Waals surface area contributed by atoms with Crippen LogP contribution < -0.4 is 33.8 Å². The topological polar surface area (TPSA) is 148 Å². The number of rotatable bonds is 12. The van der Waals surface area contributed by atoms with E-state index in [-0.39, 0.29) is 54.3 Å².